The van der Waals surface area contributed by atoms with Crippen LogP contribution in [0.15, 0.2) is 24.3 Å². The molecule has 2 aromatic rings. The Bertz CT molecular complexity index is 790. The molecule has 2 N–H and O–H groups in total. The predicted octanol–water partition coefficient (Wildman–Crippen LogP) is 1.99. The van der Waals surface area contributed by atoms with Gasteiger partial charge in [-0.1, -0.05) is 0 Å². The van der Waals surface area contributed by atoms with Crippen LogP contribution in [0.5, 0.6) is 11.5 Å². The number of thiocarbonyl (C=S) groups is 1. The lowest BCUT2D eigenvalue weighted by atomic mass is 10.2. The summed E-state index contributed by atoms with van der Waals surface area (Å²) in [4.78, 5) is 20.7. The van der Waals surface area contributed by atoms with Crippen molar-refractivity contribution in [2.45, 2.75) is 13.8 Å². The van der Waals surface area contributed by atoms with Crippen molar-refractivity contribution in [3.63, 3.8) is 0 Å². The minimum atomic E-state index is -0.353. The van der Waals surface area contributed by atoms with Gasteiger partial charge < -0.3 is 14.8 Å². The van der Waals surface area contributed by atoms with Gasteiger partial charge in [0.1, 0.15) is 13.2 Å². The highest BCUT2D eigenvalue weighted by atomic mass is 32.1. The summed E-state index contributed by atoms with van der Waals surface area (Å²) in [6.07, 6.45) is 0. The summed E-state index contributed by atoms with van der Waals surface area (Å²) in [7, 11) is 0. The first-order valence-electron chi connectivity index (χ1n) is 7.35. The molecule has 0 radical (unpaired) electrons. The molecular weight excluding hydrogens is 328 g/mol. The second-order valence-corrected chi connectivity index (χ2v) is 5.65. The molecule has 0 spiro atoms. The zero-order chi connectivity index (χ0) is 17.1. The maximum atomic E-state index is 12.3. The quantitative estimate of drug-likeness (QED) is 0.806. The first kappa shape index (κ1) is 16.1. The molecule has 7 nitrogen and oxygen atoms in total. The molecule has 1 aliphatic heterocycles. The molecule has 1 aliphatic rings. The summed E-state index contributed by atoms with van der Waals surface area (Å²) in [6.45, 7) is 4.68. The summed E-state index contributed by atoms with van der Waals surface area (Å²) in [5.41, 5.74) is 2.04. The molecular formula is C16H16N4O3S. The van der Waals surface area contributed by atoms with E-state index in [4.69, 9.17) is 21.7 Å². The predicted molar refractivity (Wildman–Crippen MR) is 92.6 cm³/mol. The molecule has 0 saturated carbocycles. The molecule has 24 heavy (non-hydrogen) atoms. The zero-order valence-electron chi connectivity index (χ0n) is 13.3. The Kier molecular flexibility index (Phi) is 4.57. The number of nitrogens with one attached hydrogen (secondary N) is 2. The molecule has 0 fully saturated rings. The van der Waals surface area contributed by atoms with E-state index >= 15 is 0 Å². The second-order valence-electron chi connectivity index (χ2n) is 5.24. The third-order valence-corrected chi connectivity index (χ3v) is 3.44. The Hall–Kier alpha value is -2.74. The smallest absolute Gasteiger partial charge is 0.257 e. The molecule has 1 aromatic heterocycles. The van der Waals surface area contributed by atoms with E-state index in [-0.39, 0.29) is 11.0 Å². The highest BCUT2D eigenvalue weighted by Gasteiger charge is 2.16. The molecule has 1 amide bonds. The zero-order valence-corrected chi connectivity index (χ0v) is 14.1. The summed E-state index contributed by atoms with van der Waals surface area (Å²) < 4.78 is 10.9. The van der Waals surface area contributed by atoms with E-state index in [1.807, 2.05) is 19.9 Å². The first-order chi connectivity index (χ1) is 11.5. The van der Waals surface area contributed by atoms with Crippen LogP contribution < -0.4 is 20.1 Å². The number of aromatic nitrogens is 2. The van der Waals surface area contributed by atoms with E-state index in [9.17, 15) is 4.79 Å². The van der Waals surface area contributed by atoms with Gasteiger partial charge in [0.2, 0.25) is 5.95 Å². The number of rotatable bonds is 2. The van der Waals surface area contributed by atoms with E-state index in [2.05, 4.69) is 20.6 Å². The number of hydrogen-bond donors (Lipinski definition) is 2. The molecule has 0 atom stereocenters. The average molecular weight is 344 g/mol. The van der Waals surface area contributed by atoms with Gasteiger partial charge in [-0.25, -0.2) is 9.97 Å². The fraction of sp³-hybridized carbons (Fsp3) is 0.250. The van der Waals surface area contributed by atoms with Gasteiger partial charge in [0, 0.05) is 17.0 Å². The van der Waals surface area contributed by atoms with Crippen molar-refractivity contribution in [2.24, 2.45) is 0 Å². The summed E-state index contributed by atoms with van der Waals surface area (Å²) in [5, 5.41) is 5.53. The van der Waals surface area contributed by atoms with Crippen LogP contribution in [0, 0.1) is 13.8 Å². The van der Waals surface area contributed by atoms with Crippen molar-refractivity contribution in [1.29, 1.82) is 0 Å². The molecule has 8 heteroatoms. The normalized spacial score (nSPS) is 12.4. The van der Waals surface area contributed by atoms with Crippen molar-refractivity contribution < 1.29 is 14.3 Å². The highest BCUT2D eigenvalue weighted by molar-refractivity contribution is 7.80. The van der Waals surface area contributed by atoms with Crippen LogP contribution in [-0.2, 0) is 0 Å². The number of fused-ring (bicyclic) bond motifs is 1. The van der Waals surface area contributed by atoms with Gasteiger partial charge in [-0.05, 0) is 50.3 Å². The second kappa shape index (κ2) is 6.79. The molecule has 0 bridgehead atoms. The van der Waals surface area contributed by atoms with Crippen LogP contribution in [0.1, 0.15) is 21.7 Å². The van der Waals surface area contributed by atoms with Crippen LogP contribution in [0.3, 0.4) is 0 Å². The minimum Gasteiger partial charge on any atom is -0.486 e. The third-order valence-electron chi connectivity index (χ3n) is 3.24. The van der Waals surface area contributed by atoms with Crippen molar-refractivity contribution in [2.75, 3.05) is 18.5 Å². The standard InChI is InChI=1S/C16H16N4O3S/c1-9-7-10(2)18-15(17-9)20-16(24)19-14(21)11-3-4-12-13(8-11)23-6-5-22-12/h3-4,7-8H,5-6H2,1-2H3,(H2,17,18,19,20,21,24). The van der Waals surface area contributed by atoms with Gasteiger partial charge in [0.15, 0.2) is 16.6 Å². The molecule has 3 rings (SSSR count). The largest absolute Gasteiger partial charge is 0.486 e. The lowest BCUT2D eigenvalue weighted by Gasteiger charge is -2.18. The molecule has 0 unspecified atom stereocenters. The minimum absolute atomic E-state index is 0.125. The van der Waals surface area contributed by atoms with Gasteiger partial charge >= 0.3 is 0 Å². The number of benzene rings is 1. The Morgan fingerprint density at radius 2 is 1.75 bits per heavy atom. The molecule has 124 valence electrons. The fourth-order valence-corrected chi connectivity index (χ4v) is 2.46. The average Bonchev–Trinajstić information content (AvgIpc) is 2.53. The van der Waals surface area contributed by atoms with Crippen LogP contribution >= 0.6 is 12.2 Å². The SMILES string of the molecule is Cc1cc(C)nc(NC(=S)NC(=O)c2ccc3c(c2)OCCO3)n1. The van der Waals surface area contributed by atoms with Crippen LogP contribution in [0.25, 0.3) is 0 Å². The maximum Gasteiger partial charge on any atom is 0.257 e. The van der Waals surface area contributed by atoms with Crippen LogP contribution in [0.2, 0.25) is 0 Å². The van der Waals surface area contributed by atoms with E-state index in [0.717, 1.165) is 11.4 Å². The molecule has 0 saturated heterocycles. The Morgan fingerprint density at radius 3 is 2.46 bits per heavy atom. The number of hydrogen-bond acceptors (Lipinski definition) is 6. The van der Waals surface area contributed by atoms with Crippen molar-refractivity contribution in [3.8, 4) is 11.5 Å². The number of aryl methyl sites for hydroxylation is 2. The Morgan fingerprint density at radius 1 is 1.08 bits per heavy atom. The van der Waals surface area contributed by atoms with E-state index < -0.39 is 0 Å². The van der Waals surface area contributed by atoms with E-state index in [1.165, 1.54) is 0 Å². The highest BCUT2D eigenvalue weighted by Crippen LogP contribution is 2.30. The number of carbonyl (C=O) groups is 1. The summed E-state index contributed by atoms with van der Waals surface area (Å²) in [6, 6.07) is 6.83. The number of ether oxygens (including phenoxy) is 2. The Labute approximate surface area is 144 Å². The van der Waals surface area contributed by atoms with Gasteiger partial charge in [0.25, 0.3) is 5.91 Å². The molecule has 1 aromatic carbocycles. The third kappa shape index (κ3) is 3.77. The Balaban J connectivity index is 1.66. The van der Waals surface area contributed by atoms with Crippen molar-refractivity contribution in [3.05, 3.63) is 41.2 Å². The molecule has 0 aliphatic carbocycles. The van der Waals surface area contributed by atoms with Gasteiger partial charge in [-0.15, -0.1) is 0 Å². The number of nitrogens with zero attached hydrogens (tertiary/aromatic N) is 2. The monoisotopic (exact) mass is 344 g/mol. The van der Waals surface area contributed by atoms with Gasteiger partial charge in [-0.2, -0.15) is 0 Å². The number of anilines is 1. The van der Waals surface area contributed by atoms with E-state index in [1.54, 1.807) is 18.2 Å². The maximum absolute atomic E-state index is 12.3. The van der Waals surface area contributed by atoms with E-state index in [0.29, 0.717) is 36.2 Å². The number of carbonyl (C=O) groups excluding carboxylic acids is 1. The van der Waals surface area contributed by atoms with Crippen molar-refractivity contribution >= 4 is 29.2 Å². The number of amides is 1. The first-order valence-corrected chi connectivity index (χ1v) is 7.76. The molecule has 2 heterocycles. The summed E-state index contributed by atoms with van der Waals surface area (Å²) >= 11 is 5.14. The fourth-order valence-electron chi connectivity index (χ4n) is 2.27. The summed E-state index contributed by atoms with van der Waals surface area (Å²) in [5.74, 6) is 1.17. The van der Waals surface area contributed by atoms with Crippen molar-refractivity contribution in [1.82, 2.24) is 15.3 Å². The lowest BCUT2D eigenvalue weighted by molar-refractivity contribution is 0.0976. The lowest BCUT2D eigenvalue weighted by Crippen LogP contribution is -2.34. The van der Waals surface area contributed by atoms with Gasteiger partial charge in [0.05, 0.1) is 0 Å². The topological polar surface area (TPSA) is 85.4 Å². The van der Waals surface area contributed by atoms with Crippen LogP contribution in [0.4, 0.5) is 5.95 Å². The van der Waals surface area contributed by atoms with Gasteiger partial charge in [-0.3, -0.25) is 10.1 Å². The van der Waals surface area contributed by atoms with Crippen LogP contribution in [-0.4, -0.2) is 34.2 Å².